The van der Waals surface area contributed by atoms with Gasteiger partial charge in [-0.05, 0) is 44.5 Å². The summed E-state index contributed by atoms with van der Waals surface area (Å²) in [7, 11) is 0. The molecular weight excluding hydrogens is 380 g/mol. The number of anilines is 2. The molecule has 154 valence electrons. The topological polar surface area (TPSA) is 92.3 Å². The van der Waals surface area contributed by atoms with Crippen molar-refractivity contribution in [3.8, 4) is 5.75 Å². The van der Waals surface area contributed by atoms with Gasteiger partial charge in [0.15, 0.2) is 6.61 Å². The third-order valence-electron chi connectivity index (χ3n) is 5.68. The van der Waals surface area contributed by atoms with Crippen molar-refractivity contribution in [1.82, 2.24) is 20.3 Å². The molecule has 1 aromatic carbocycles. The normalized spacial score (nSPS) is 20.0. The average molecular weight is 404 g/mol. The van der Waals surface area contributed by atoms with Crippen molar-refractivity contribution in [3.63, 3.8) is 0 Å². The number of nitrogens with one attached hydrogen (secondary N) is 2. The van der Waals surface area contributed by atoms with E-state index in [0.29, 0.717) is 29.2 Å². The molecule has 8 heteroatoms. The van der Waals surface area contributed by atoms with E-state index in [-0.39, 0.29) is 12.5 Å². The molecule has 2 fully saturated rings. The summed E-state index contributed by atoms with van der Waals surface area (Å²) in [6.45, 7) is 5.78. The fourth-order valence-corrected chi connectivity index (χ4v) is 4.11. The quantitative estimate of drug-likeness (QED) is 0.674. The third kappa shape index (κ3) is 3.66. The van der Waals surface area contributed by atoms with E-state index in [9.17, 15) is 4.79 Å². The molecule has 0 spiro atoms. The molecule has 2 atom stereocenters. The SMILES string of the molecule is Cc1ccc(OCC(=O)Nc2ccc3nc(N4CC5CC4CN5)nc(C)c3n2)cc1. The first-order valence-electron chi connectivity index (χ1n) is 10.2. The maximum absolute atomic E-state index is 12.3. The maximum atomic E-state index is 12.3. The zero-order valence-electron chi connectivity index (χ0n) is 17.1. The van der Waals surface area contributed by atoms with Gasteiger partial charge in [0, 0.05) is 25.2 Å². The van der Waals surface area contributed by atoms with Crippen molar-refractivity contribution in [2.75, 3.05) is 29.9 Å². The lowest BCUT2D eigenvalue weighted by Gasteiger charge is -2.27. The molecule has 5 rings (SSSR count). The lowest BCUT2D eigenvalue weighted by Crippen LogP contribution is -2.44. The molecule has 2 aliphatic rings. The summed E-state index contributed by atoms with van der Waals surface area (Å²) in [5, 5.41) is 6.28. The molecule has 2 N–H and O–H groups in total. The number of aromatic nitrogens is 3. The number of hydrogen-bond acceptors (Lipinski definition) is 7. The largest absolute Gasteiger partial charge is 0.484 e. The van der Waals surface area contributed by atoms with Crippen LogP contribution in [-0.2, 0) is 4.79 Å². The molecular formula is C22H24N6O2. The third-order valence-corrected chi connectivity index (χ3v) is 5.68. The number of ether oxygens (including phenoxy) is 1. The first-order valence-corrected chi connectivity index (χ1v) is 10.2. The molecule has 4 heterocycles. The van der Waals surface area contributed by atoms with Crippen LogP contribution in [0.25, 0.3) is 11.0 Å². The number of benzene rings is 1. The van der Waals surface area contributed by atoms with Gasteiger partial charge in [-0.15, -0.1) is 0 Å². The van der Waals surface area contributed by atoms with Gasteiger partial charge < -0.3 is 20.3 Å². The summed E-state index contributed by atoms with van der Waals surface area (Å²) < 4.78 is 5.53. The van der Waals surface area contributed by atoms with Gasteiger partial charge in [-0.1, -0.05) is 17.7 Å². The molecule has 8 nitrogen and oxygen atoms in total. The fourth-order valence-electron chi connectivity index (χ4n) is 4.11. The van der Waals surface area contributed by atoms with Gasteiger partial charge in [-0.2, -0.15) is 0 Å². The van der Waals surface area contributed by atoms with Crippen LogP contribution in [0.15, 0.2) is 36.4 Å². The number of fused-ring (bicyclic) bond motifs is 3. The Hall–Kier alpha value is -3.26. The molecule has 30 heavy (non-hydrogen) atoms. The zero-order chi connectivity index (χ0) is 20.7. The lowest BCUT2D eigenvalue weighted by atomic mass is 10.2. The number of carbonyl (C=O) groups excluding carboxylic acids is 1. The highest BCUT2D eigenvalue weighted by molar-refractivity contribution is 5.92. The van der Waals surface area contributed by atoms with Gasteiger partial charge >= 0.3 is 0 Å². The van der Waals surface area contributed by atoms with Crippen molar-refractivity contribution in [2.45, 2.75) is 32.4 Å². The summed E-state index contributed by atoms with van der Waals surface area (Å²) in [6.07, 6.45) is 1.15. The summed E-state index contributed by atoms with van der Waals surface area (Å²) in [5.74, 6) is 1.62. The summed E-state index contributed by atoms with van der Waals surface area (Å²) in [6, 6.07) is 12.2. The molecule has 3 aromatic rings. The molecule has 0 radical (unpaired) electrons. The predicted octanol–water partition coefficient (Wildman–Crippen LogP) is 2.21. The van der Waals surface area contributed by atoms with Crippen molar-refractivity contribution >= 4 is 28.7 Å². The van der Waals surface area contributed by atoms with Crippen LogP contribution in [0.1, 0.15) is 17.7 Å². The Morgan fingerprint density at radius 2 is 2.00 bits per heavy atom. The number of pyridine rings is 1. The van der Waals surface area contributed by atoms with Crippen LogP contribution in [0.2, 0.25) is 0 Å². The Bertz CT molecular complexity index is 1100. The molecule has 0 saturated carbocycles. The number of hydrogen-bond donors (Lipinski definition) is 2. The Balaban J connectivity index is 1.28. The molecule has 2 aliphatic heterocycles. The molecule has 2 bridgehead atoms. The number of nitrogens with zero attached hydrogens (tertiary/aromatic N) is 4. The van der Waals surface area contributed by atoms with Crippen LogP contribution < -0.4 is 20.3 Å². The van der Waals surface area contributed by atoms with Crippen LogP contribution in [0.3, 0.4) is 0 Å². The van der Waals surface area contributed by atoms with Crippen LogP contribution in [0.5, 0.6) is 5.75 Å². The highest BCUT2D eigenvalue weighted by atomic mass is 16.5. The smallest absolute Gasteiger partial charge is 0.263 e. The maximum Gasteiger partial charge on any atom is 0.263 e. The standard InChI is InChI=1S/C22H24N6O2/c1-13-3-5-17(6-4-13)30-12-20(29)26-19-8-7-18-21(27-19)14(2)24-22(25-18)28-11-15-9-16(28)10-23-15/h3-8,15-16,23H,9-12H2,1-2H3,(H,26,27,29). The molecule has 1 amide bonds. The Labute approximate surface area is 174 Å². The van der Waals surface area contributed by atoms with E-state index < -0.39 is 0 Å². The number of piperazine rings is 1. The van der Waals surface area contributed by atoms with Gasteiger partial charge in [0.1, 0.15) is 17.1 Å². The number of amides is 1. The number of aryl methyl sites for hydroxylation is 2. The van der Waals surface area contributed by atoms with E-state index in [0.717, 1.165) is 42.2 Å². The zero-order valence-corrected chi connectivity index (χ0v) is 17.1. The monoisotopic (exact) mass is 404 g/mol. The minimum absolute atomic E-state index is 0.0806. The van der Waals surface area contributed by atoms with Crippen molar-refractivity contribution in [3.05, 3.63) is 47.7 Å². The molecule has 0 aliphatic carbocycles. The Kier molecular flexibility index (Phi) is 4.71. The predicted molar refractivity (Wildman–Crippen MR) is 115 cm³/mol. The van der Waals surface area contributed by atoms with E-state index >= 15 is 0 Å². The summed E-state index contributed by atoms with van der Waals surface area (Å²) >= 11 is 0. The highest BCUT2D eigenvalue weighted by Crippen LogP contribution is 2.28. The van der Waals surface area contributed by atoms with E-state index in [2.05, 4.69) is 20.5 Å². The second kappa shape index (κ2) is 7.53. The van der Waals surface area contributed by atoms with Crippen molar-refractivity contribution in [2.24, 2.45) is 0 Å². The van der Waals surface area contributed by atoms with Crippen LogP contribution >= 0.6 is 0 Å². The van der Waals surface area contributed by atoms with Gasteiger partial charge in [0.2, 0.25) is 5.95 Å². The first kappa shape index (κ1) is 18.7. The molecule has 2 unspecified atom stereocenters. The molecule has 2 saturated heterocycles. The lowest BCUT2D eigenvalue weighted by molar-refractivity contribution is -0.118. The second-order valence-electron chi connectivity index (χ2n) is 7.97. The fraction of sp³-hybridized carbons (Fsp3) is 0.364. The van der Waals surface area contributed by atoms with Gasteiger partial charge in [0.25, 0.3) is 5.91 Å². The van der Waals surface area contributed by atoms with Crippen LogP contribution in [0, 0.1) is 13.8 Å². The van der Waals surface area contributed by atoms with Crippen molar-refractivity contribution < 1.29 is 9.53 Å². The van der Waals surface area contributed by atoms with E-state index in [4.69, 9.17) is 14.7 Å². The number of rotatable bonds is 5. The Morgan fingerprint density at radius 3 is 2.73 bits per heavy atom. The van der Waals surface area contributed by atoms with Crippen LogP contribution in [0.4, 0.5) is 11.8 Å². The number of carbonyl (C=O) groups is 1. The Morgan fingerprint density at radius 1 is 1.17 bits per heavy atom. The average Bonchev–Trinajstić information content (AvgIpc) is 3.37. The van der Waals surface area contributed by atoms with E-state index in [1.165, 1.54) is 0 Å². The summed E-state index contributed by atoms with van der Waals surface area (Å²) in [4.78, 5) is 28.5. The van der Waals surface area contributed by atoms with E-state index in [1.54, 1.807) is 6.07 Å². The minimum Gasteiger partial charge on any atom is -0.484 e. The van der Waals surface area contributed by atoms with Crippen LogP contribution in [-0.4, -0.2) is 52.6 Å². The van der Waals surface area contributed by atoms with E-state index in [1.807, 2.05) is 44.2 Å². The van der Waals surface area contributed by atoms with Crippen molar-refractivity contribution in [1.29, 1.82) is 0 Å². The molecule has 2 aromatic heterocycles. The van der Waals surface area contributed by atoms with Gasteiger partial charge in [0.05, 0.1) is 11.2 Å². The van der Waals surface area contributed by atoms with Gasteiger partial charge in [-0.25, -0.2) is 15.0 Å². The minimum atomic E-state index is -0.266. The summed E-state index contributed by atoms with van der Waals surface area (Å²) in [5.41, 5.74) is 3.42. The first-order chi connectivity index (χ1) is 14.5. The second-order valence-corrected chi connectivity index (χ2v) is 7.97. The highest BCUT2D eigenvalue weighted by Gasteiger charge is 2.39. The van der Waals surface area contributed by atoms with Gasteiger partial charge in [-0.3, -0.25) is 4.79 Å².